The van der Waals surface area contributed by atoms with Gasteiger partial charge in [-0.05, 0) is 56.5 Å². The molecule has 1 saturated carbocycles. The van der Waals surface area contributed by atoms with E-state index in [0.717, 1.165) is 5.56 Å². The molecular formula is C23H23ClN2O3. The van der Waals surface area contributed by atoms with Crippen molar-refractivity contribution >= 4 is 29.3 Å². The Labute approximate surface area is 175 Å². The lowest BCUT2D eigenvalue weighted by Gasteiger charge is -2.50. The number of carbonyl (C=O) groups excluding carboxylic acids is 3. The number of carbonyl (C=O) groups is 3. The summed E-state index contributed by atoms with van der Waals surface area (Å²) < 4.78 is 0. The summed E-state index contributed by atoms with van der Waals surface area (Å²) in [6.45, 7) is 5.12. The SMILES string of the molecule is CCN(CC)C(=O)C1(c2cccc(Cl)c2)CC(N2C(=O)c3ccccc3C2=O)C1. The Kier molecular flexibility index (Phi) is 4.95. The van der Waals surface area contributed by atoms with E-state index in [9.17, 15) is 14.4 Å². The Bertz CT molecular complexity index is 958. The van der Waals surface area contributed by atoms with Gasteiger partial charge in [-0.1, -0.05) is 35.9 Å². The molecule has 0 aromatic heterocycles. The molecule has 1 aliphatic carbocycles. The highest BCUT2D eigenvalue weighted by molar-refractivity contribution is 6.30. The Morgan fingerprint density at radius 1 is 1.03 bits per heavy atom. The highest BCUT2D eigenvalue weighted by Gasteiger charge is 2.57. The third-order valence-corrected chi connectivity index (χ3v) is 6.43. The maximum Gasteiger partial charge on any atom is 0.261 e. The molecule has 1 aliphatic heterocycles. The topological polar surface area (TPSA) is 57.7 Å². The van der Waals surface area contributed by atoms with Gasteiger partial charge in [-0.25, -0.2) is 0 Å². The summed E-state index contributed by atoms with van der Waals surface area (Å²) in [6.07, 6.45) is 0.822. The van der Waals surface area contributed by atoms with Crippen LogP contribution in [0.1, 0.15) is 53.0 Å². The molecule has 4 rings (SSSR count). The van der Waals surface area contributed by atoms with Crippen LogP contribution in [0, 0.1) is 0 Å². The summed E-state index contributed by atoms with van der Waals surface area (Å²) in [7, 11) is 0. The third-order valence-electron chi connectivity index (χ3n) is 6.20. The third kappa shape index (κ3) is 2.96. The minimum atomic E-state index is -0.767. The van der Waals surface area contributed by atoms with E-state index in [0.29, 0.717) is 42.1 Å². The fraction of sp³-hybridized carbons (Fsp3) is 0.348. The van der Waals surface area contributed by atoms with Gasteiger partial charge in [0.2, 0.25) is 5.91 Å². The second kappa shape index (κ2) is 7.30. The predicted molar refractivity (Wildman–Crippen MR) is 111 cm³/mol. The molecule has 0 N–H and O–H groups in total. The van der Waals surface area contributed by atoms with Crippen LogP contribution in [0.4, 0.5) is 0 Å². The highest BCUT2D eigenvalue weighted by Crippen LogP contribution is 2.49. The van der Waals surface area contributed by atoms with Crippen molar-refractivity contribution in [3.63, 3.8) is 0 Å². The van der Waals surface area contributed by atoms with Crippen LogP contribution in [0.15, 0.2) is 48.5 Å². The van der Waals surface area contributed by atoms with E-state index >= 15 is 0 Å². The van der Waals surface area contributed by atoms with Crippen LogP contribution in [-0.2, 0) is 10.2 Å². The van der Waals surface area contributed by atoms with Crippen LogP contribution in [0.2, 0.25) is 5.02 Å². The van der Waals surface area contributed by atoms with Crippen LogP contribution in [0.5, 0.6) is 0 Å². The normalized spacial score (nSPS) is 23.0. The highest BCUT2D eigenvalue weighted by atomic mass is 35.5. The molecule has 1 heterocycles. The molecule has 2 aromatic rings. The summed E-state index contributed by atoms with van der Waals surface area (Å²) >= 11 is 6.21. The second-order valence-corrected chi connectivity index (χ2v) is 8.09. The van der Waals surface area contributed by atoms with Gasteiger partial charge >= 0.3 is 0 Å². The van der Waals surface area contributed by atoms with Crippen LogP contribution in [0.25, 0.3) is 0 Å². The van der Waals surface area contributed by atoms with Crippen LogP contribution < -0.4 is 0 Å². The number of benzene rings is 2. The first-order valence-corrected chi connectivity index (χ1v) is 10.3. The van der Waals surface area contributed by atoms with E-state index in [1.165, 1.54) is 4.90 Å². The van der Waals surface area contributed by atoms with Crippen molar-refractivity contribution in [3.8, 4) is 0 Å². The molecule has 2 aliphatic rings. The number of hydrogen-bond donors (Lipinski definition) is 0. The van der Waals surface area contributed by atoms with Crippen molar-refractivity contribution in [2.24, 2.45) is 0 Å². The summed E-state index contributed by atoms with van der Waals surface area (Å²) in [4.78, 5) is 42.3. The van der Waals surface area contributed by atoms with Crippen molar-refractivity contribution in [1.82, 2.24) is 9.80 Å². The first-order chi connectivity index (χ1) is 13.9. The van der Waals surface area contributed by atoms with Gasteiger partial charge in [-0.15, -0.1) is 0 Å². The summed E-state index contributed by atoms with van der Waals surface area (Å²) in [5.41, 5.74) is 0.951. The van der Waals surface area contributed by atoms with Crippen molar-refractivity contribution in [3.05, 3.63) is 70.2 Å². The number of halogens is 1. The molecule has 6 heteroatoms. The van der Waals surface area contributed by atoms with Gasteiger partial charge in [-0.2, -0.15) is 0 Å². The van der Waals surface area contributed by atoms with E-state index in [4.69, 9.17) is 11.6 Å². The monoisotopic (exact) mass is 410 g/mol. The van der Waals surface area contributed by atoms with Gasteiger partial charge in [0.05, 0.1) is 16.5 Å². The summed E-state index contributed by atoms with van der Waals surface area (Å²) in [5.74, 6) is -0.520. The molecule has 150 valence electrons. The van der Waals surface area contributed by atoms with E-state index in [1.54, 1.807) is 35.2 Å². The molecule has 0 radical (unpaired) electrons. The van der Waals surface area contributed by atoms with E-state index < -0.39 is 5.41 Å². The van der Waals surface area contributed by atoms with Crippen LogP contribution >= 0.6 is 11.6 Å². The largest absolute Gasteiger partial charge is 0.342 e. The molecule has 29 heavy (non-hydrogen) atoms. The van der Waals surface area contributed by atoms with E-state index in [1.807, 2.05) is 32.0 Å². The van der Waals surface area contributed by atoms with Crippen molar-refractivity contribution < 1.29 is 14.4 Å². The number of amides is 3. The van der Waals surface area contributed by atoms with Gasteiger partial charge in [0.15, 0.2) is 0 Å². The first kappa shape index (κ1) is 19.6. The number of imide groups is 1. The van der Waals surface area contributed by atoms with Gasteiger partial charge in [0.1, 0.15) is 0 Å². The molecule has 5 nitrogen and oxygen atoms in total. The zero-order valence-electron chi connectivity index (χ0n) is 16.5. The Morgan fingerprint density at radius 3 is 2.14 bits per heavy atom. The average Bonchev–Trinajstić information content (AvgIpc) is 2.94. The molecular weight excluding hydrogens is 388 g/mol. The fourth-order valence-corrected chi connectivity index (χ4v) is 4.79. The minimum Gasteiger partial charge on any atom is -0.342 e. The Hall–Kier alpha value is -2.66. The Morgan fingerprint density at radius 2 is 1.62 bits per heavy atom. The zero-order chi connectivity index (χ0) is 20.8. The first-order valence-electron chi connectivity index (χ1n) is 9.95. The molecule has 2 aromatic carbocycles. The molecule has 0 spiro atoms. The number of nitrogens with zero attached hydrogens (tertiary/aromatic N) is 2. The van der Waals surface area contributed by atoms with Crippen molar-refractivity contribution in [1.29, 1.82) is 0 Å². The summed E-state index contributed by atoms with van der Waals surface area (Å²) in [6, 6.07) is 13.9. The van der Waals surface area contributed by atoms with Crippen LogP contribution in [0.3, 0.4) is 0 Å². The lowest BCUT2D eigenvalue weighted by Crippen LogP contribution is -2.61. The smallest absolute Gasteiger partial charge is 0.261 e. The minimum absolute atomic E-state index is 0.0256. The molecule has 3 amide bonds. The lowest BCUT2D eigenvalue weighted by atomic mass is 9.60. The molecule has 1 fully saturated rings. The zero-order valence-corrected chi connectivity index (χ0v) is 17.3. The van der Waals surface area contributed by atoms with Crippen molar-refractivity contribution in [2.75, 3.05) is 13.1 Å². The molecule has 0 bridgehead atoms. The maximum absolute atomic E-state index is 13.5. The predicted octanol–water partition coefficient (Wildman–Crippen LogP) is 3.90. The number of hydrogen-bond acceptors (Lipinski definition) is 3. The molecule has 0 saturated heterocycles. The van der Waals surface area contributed by atoms with Gasteiger partial charge in [0.25, 0.3) is 11.8 Å². The summed E-state index contributed by atoms with van der Waals surface area (Å²) in [5, 5.41) is 0.568. The molecule has 0 unspecified atom stereocenters. The van der Waals surface area contributed by atoms with Gasteiger partial charge in [-0.3, -0.25) is 19.3 Å². The number of fused-ring (bicyclic) bond motifs is 1. The van der Waals surface area contributed by atoms with Gasteiger partial charge in [0, 0.05) is 24.2 Å². The van der Waals surface area contributed by atoms with Crippen molar-refractivity contribution in [2.45, 2.75) is 38.1 Å². The van der Waals surface area contributed by atoms with E-state index in [2.05, 4.69) is 0 Å². The average molecular weight is 411 g/mol. The van der Waals surface area contributed by atoms with Gasteiger partial charge < -0.3 is 4.90 Å². The quantitative estimate of drug-likeness (QED) is 0.702. The Balaban J connectivity index is 1.67. The lowest BCUT2D eigenvalue weighted by molar-refractivity contribution is -0.142. The van der Waals surface area contributed by atoms with Crippen LogP contribution in [-0.4, -0.2) is 46.7 Å². The second-order valence-electron chi connectivity index (χ2n) is 7.66. The number of rotatable bonds is 5. The fourth-order valence-electron chi connectivity index (χ4n) is 4.60. The van der Waals surface area contributed by atoms with E-state index in [-0.39, 0.29) is 23.8 Å². The standard InChI is InChI=1S/C23H23ClN2O3/c1-3-25(4-2)22(29)23(15-8-7-9-16(24)12-15)13-17(14-23)26-20(27)18-10-5-6-11-19(18)21(26)28/h5-12,17H,3-4,13-14H2,1-2H3. The molecule has 0 atom stereocenters. The maximum atomic E-state index is 13.5. The number of likely N-dealkylation sites (N-methyl/N-ethyl adjacent to an activating group) is 1.